The van der Waals surface area contributed by atoms with Crippen LogP contribution in [0.3, 0.4) is 0 Å². The molecule has 1 fully saturated rings. The molecule has 1 aliphatic heterocycles. The van der Waals surface area contributed by atoms with Crippen molar-refractivity contribution in [3.63, 3.8) is 0 Å². The second kappa shape index (κ2) is 3.96. The molecule has 1 aromatic heterocycles. The molecule has 15 heavy (non-hydrogen) atoms. The lowest BCUT2D eigenvalue weighted by molar-refractivity contribution is 0.213. The molecule has 1 aliphatic rings. The third-order valence-corrected chi connectivity index (χ3v) is 4.66. The number of aromatic nitrogens is 1. The zero-order valence-electron chi connectivity index (χ0n) is 8.26. The molecule has 5 nitrogen and oxygen atoms in total. The van der Waals surface area contributed by atoms with E-state index in [0.29, 0.717) is 6.54 Å². The van der Waals surface area contributed by atoms with Gasteiger partial charge in [-0.2, -0.15) is 4.31 Å². The molecule has 1 aromatic rings. The van der Waals surface area contributed by atoms with Crippen LogP contribution in [0.4, 0.5) is 0 Å². The van der Waals surface area contributed by atoms with Crippen molar-refractivity contribution in [2.75, 3.05) is 13.2 Å². The first-order valence-corrected chi connectivity index (χ1v) is 6.36. The van der Waals surface area contributed by atoms with Crippen LogP contribution in [-0.2, 0) is 10.0 Å². The Balaban J connectivity index is 2.30. The monoisotopic (exact) mass is 230 g/mol. The fraction of sp³-hybridized carbons (Fsp3) is 0.556. The maximum Gasteiger partial charge on any atom is 0.244 e. The van der Waals surface area contributed by atoms with E-state index in [4.69, 9.17) is 5.11 Å². The molecule has 2 N–H and O–H groups in total. The lowest BCUT2D eigenvalue weighted by atomic mass is 10.2. The molecular weight excluding hydrogens is 216 g/mol. The number of aliphatic hydroxyl groups is 1. The smallest absolute Gasteiger partial charge is 0.244 e. The molecule has 0 bridgehead atoms. The molecule has 1 saturated heterocycles. The Kier molecular flexibility index (Phi) is 2.81. The number of hydrogen-bond donors (Lipinski definition) is 2. The van der Waals surface area contributed by atoms with Gasteiger partial charge in [0.25, 0.3) is 0 Å². The number of aromatic amines is 1. The van der Waals surface area contributed by atoms with Gasteiger partial charge in [0, 0.05) is 25.0 Å². The van der Waals surface area contributed by atoms with Gasteiger partial charge in [0.05, 0.1) is 11.5 Å². The van der Waals surface area contributed by atoms with Crippen molar-refractivity contribution in [2.24, 2.45) is 0 Å². The molecule has 0 saturated carbocycles. The summed E-state index contributed by atoms with van der Waals surface area (Å²) < 4.78 is 25.5. The van der Waals surface area contributed by atoms with Gasteiger partial charge in [-0.25, -0.2) is 8.42 Å². The van der Waals surface area contributed by atoms with E-state index in [9.17, 15) is 8.42 Å². The van der Waals surface area contributed by atoms with Crippen LogP contribution in [0.2, 0.25) is 0 Å². The Bertz CT molecular complexity index is 413. The van der Waals surface area contributed by atoms with Crippen LogP contribution in [0.25, 0.3) is 0 Å². The zero-order chi connectivity index (χ0) is 10.9. The summed E-state index contributed by atoms with van der Waals surface area (Å²) in [5, 5.41) is 9.08. The third-order valence-electron chi connectivity index (χ3n) is 2.71. The minimum absolute atomic E-state index is 0.107. The van der Waals surface area contributed by atoms with Gasteiger partial charge in [-0.3, -0.25) is 0 Å². The summed E-state index contributed by atoms with van der Waals surface area (Å²) in [7, 11) is -3.41. The number of hydrogen-bond acceptors (Lipinski definition) is 3. The fourth-order valence-electron chi connectivity index (χ4n) is 1.91. The van der Waals surface area contributed by atoms with Crippen LogP contribution in [0.15, 0.2) is 23.4 Å². The summed E-state index contributed by atoms with van der Waals surface area (Å²) >= 11 is 0. The van der Waals surface area contributed by atoms with Gasteiger partial charge in [-0.15, -0.1) is 0 Å². The number of nitrogens with one attached hydrogen (secondary N) is 1. The molecular formula is C9H14N2O3S. The van der Waals surface area contributed by atoms with Crippen molar-refractivity contribution in [1.29, 1.82) is 0 Å². The minimum atomic E-state index is -3.41. The highest BCUT2D eigenvalue weighted by molar-refractivity contribution is 7.89. The molecule has 6 heteroatoms. The highest BCUT2D eigenvalue weighted by Crippen LogP contribution is 2.25. The Morgan fingerprint density at radius 1 is 1.60 bits per heavy atom. The maximum absolute atomic E-state index is 12.1. The summed E-state index contributed by atoms with van der Waals surface area (Å²) in [6.45, 7) is 0.391. The van der Waals surface area contributed by atoms with Gasteiger partial charge < -0.3 is 10.1 Å². The highest BCUT2D eigenvalue weighted by atomic mass is 32.2. The Labute approximate surface area is 88.8 Å². The van der Waals surface area contributed by atoms with Crippen LogP contribution in [0.1, 0.15) is 12.8 Å². The van der Waals surface area contributed by atoms with Gasteiger partial charge in [-0.1, -0.05) is 0 Å². The minimum Gasteiger partial charge on any atom is -0.395 e. The molecule has 1 atom stereocenters. The number of sulfonamides is 1. The predicted octanol–water partition coefficient (Wildman–Crippen LogP) is 0.160. The van der Waals surface area contributed by atoms with E-state index >= 15 is 0 Å². The van der Waals surface area contributed by atoms with Crippen LogP contribution >= 0.6 is 0 Å². The Hall–Kier alpha value is -0.850. The van der Waals surface area contributed by atoms with Gasteiger partial charge in [-0.05, 0) is 18.9 Å². The molecule has 2 rings (SSSR count). The zero-order valence-corrected chi connectivity index (χ0v) is 9.07. The number of rotatable bonds is 3. The average Bonchev–Trinajstić information content (AvgIpc) is 2.89. The quantitative estimate of drug-likeness (QED) is 0.777. The van der Waals surface area contributed by atoms with E-state index in [1.165, 1.54) is 16.6 Å². The summed E-state index contributed by atoms with van der Waals surface area (Å²) in [6.07, 6.45) is 4.59. The topological polar surface area (TPSA) is 73.4 Å². The SMILES string of the molecule is O=S(=O)(c1cc[nH]c1)N1CCC[C@@H]1CO. The summed E-state index contributed by atoms with van der Waals surface area (Å²) in [4.78, 5) is 2.99. The average molecular weight is 230 g/mol. The largest absolute Gasteiger partial charge is 0.395 e. The van der Waals surface area contributed by atoms with E-state index in [2.05, 4.69) is 4.98 Å². The van der Waals surface area contributed by atoms with E-state index in [1.54, 1.807) is 6.20 Å². The Morgan fingerprint density at radius 3 is 3.00 bits per heavy atom. The fourth-order valence-corrected chi connectivity index (χ4v) is 3.57. The molecule has 0 spiro atoms. The normalized spacial score (nSPS) is 23.4. The molecule has 2 heterocycles. The van der Waals surface area contributed by atoms with Gasteiger partial charge in [0.1, 0.15) is 0 Å². The van der Waals surface area contributed by atoms with E-state index in [1.807, 2.05) is 0 Å². The predicted molar refractivity (Wildman–Crippen MR) is 54.8 cm³/mol. The number of aliphatic hydroxyl groups excluding tert-OH is 1. The molecule has 0 unspecified atom stereocenters. The molecule has 84 valence electrons. The highest BCUT2D eigenvalue weighted by Gasteiger charge is 2.34. The van der Waals surface area contributed by atoms with Crippen LogP contribution < -0.4 is 0 Å². The molecule has 0 aromatic carbocycles. The maximum atomic E-state index is 12.1. The molecule has 0 aliphatic carbocycles. The van der Waals surface area contributed by atoms with Gasteiger partial charge in [0.15, 0.2) is 0 Å². The summed E-state index contributed by atoms with van der Waals surface area (Å²) in [6, 6.07) is 1.27. The summed E-state index contributed by atoms with van der Waals surface area (Å²) in [5.74, 6) is 0. The van der Waals surface area contributed by atoms with Crippen LogP contribution in [0, 0.1) is 0 Å². The van der Waals surface area contributed by atoms with E-state index in [-0.39, 0.29) is 17.5 Å². The van der Waals surface area contributed by atoms with E-state index in [0.717, 1.165) is 12.8 Å². The van der Waals surface area contributed by atoms with E-state index < -0.39 is 10.0 Å². The van der Waals surface area contributed by atoms with Crippen LogP contribution in [0.5, 0.6) is 0 Å². The first-order chi connectivity index (χ1) is 7.16. The second-order valence-electron chi connectivity index (χ2n) is 3.64. The summed E-state index contributed by atoms with van der Waals surface area (Å²) in [5.41, 5.74) is 0. The van der Waals surface area contributed by atoms with Crippen molar-refractivity contribution in [3.05, 3.63) is 18.5 Å². The van der Waals surface area contributed by atoms with Crippen molar-refractivity contribution >= 4 is 10.0 Å². The van der Waals surface area contributed by atoms with Gasteiger partial charge >= 0.3 is 0 Å². The number of H-pyrrole nitrogens is 1. The first kappa shape index (κ1) is 10.7. The third kappa shape index (κ3) is 1.80. The van der Waals surface area contributed by atoms with Crippen LogP contribution in [-0.4, -0.2) is 42.0 Å². The number of nitrogens with zero attached hydrogens (tertiary/aromatic N) is 1. The van der Waals surface area contributed by atoms with Crippen molar-refractivity contribution in [1.82, 2.24) is 9.29 Å². The van der Waals surface area contributed by atoms with Gasteiger partial charge in [0.2, 0.25) is 10.0 Å². The second-order valence-corrected chi connectivity index (χ2v) is 5.53. The Morgan fingerprint density at radius 2 is 2.40 bits per heavy atom. The lowest BCUT2D eigenvalue weighted by Gasteiger charge is -2.21. The molecule has 0 amide bonds. The first-order valence-electron chi connectivity index (χ1n) is 4.92. The standard InChI is InChI=1S/C9H14N2O3S/c12-7-8-2-1-5-11(8)15(13,14)9-3-4-10-6-9/h3-4,6,8,10,12H,1-2,5,7H2/t8-/m1/s1. The molecule has 0 radical (unpaired) electrons. The lowest BCUT2D eigenvalue weighted by Crippen LogP contribution is -2.37. The van der Waals surface area contributed by atoms with Crippen molar-refractivity contribution < 1.29 is 13.5 Å². The van der Waals surface area contributed by atoms with Crippen molar-refractivity contribution in [2.45, 2.75) is 23.8 Å². The van der Waals surface area contributed by atoms with Crippen molar-refractivity contribution in [3.8, 4) is 0 Å².